The van der Waals surface area contributed by atoms with Gasteiger partial charge in [0.2, 0.25) is 11.1 Å². The van der Waals surface area contributed by atoms with Crippen LogP contribution in [0.4, 0.5) is 0 Å². The average Bonchev–Trinajstić information content (AvgIpc) is 1.87. The van der Waals surface area contributed by atoms with Crippen molar-refractivity contribution < 1.29 is 0 Å². The number of nitrogens with zero attached hydrogens (tertiary/aromatic N) is 3. The molecule has 0 amide bonds. The molecule has 7 heavy (non-hydrogen) atoms. The van der Waals surface area contributed by atoms with E-state index in [0.29, 0.717) is 0 Å². The van der Waals surface area contributed by atoms with Crippen LogP contribution in [0.5, 0.6) is 0 Å². The van der Waals surface area contributed by atoms with Gasteiger partial charge >= 0.3 is 0 Å². The van der Waals surface area contributed by atoms with Crippen molar-refractivity contribution in [2.45, 2.75) is 0 Å². The second-order valence-electron chi connectivity index (χ2n) is 0.953. The van der Waals surface area contributed by atoms with Crippen molar-refractivity contribution >= 4 is 23.3 Å². The molecule has 0 atom stereocenters. The first-order valence-corrected chi connectivity index (χ1v) is 2.00. The molecule has 0 aromatic carbocycles. The van der Waals surface area contributed by atoms with Gasteiger partial charge in [-0.05, 0) is 12.2 Å². The van der Waals surface area contributed by atoms with Gasteiger partial charge in [-0.25, -0.2) is 0 Å². The normalized spacial score (nSPS) is 17.7. The summed E-state index contributed by atoms with van der Waals surface area (Å²) in [6.07, 6.45) is 0. The van der Waals surface area contributed by atoms with Crippen LogP contribution in [-0.4, -0.2) is 11.1 Å². The minimum absolute atomic E-state index is 0.144. The Bertz CT molecular complexity index is 157. The van der Waals surface area contributed by atoms with Crippen molar-refractivity contribution in [3.8, 4) is 0 Å². The van der Waals surface area contributed by atoms with Gasteiger partial charge in [-0.15, -0.1) is 10.2 Å². The van der Waals surface area contributed by atoms with Gasteiger partial charge < -0.3 is 5.73 Å². The fourth-order valence-electron chi connectivity index (χ4n) is 0.237. The third-order valence-electron chi connectivity index (χ3n) is 0.448. The fourth-order valence-corrected chi connectivity index (χ4v) is 0.371. The Morgan fingerprint density at radius 1 is 1.43 bits per heavy atom. The van der Waals surface area contributed by atoms with E-state index in [1.807, 2.05) is 0 Å². The molecule has 5 heteroatoms. The van der Waals surface area contributed by atoms with Crippen LogP contribution < -0.4 is 5.73 Å². The minimum Gasteiger partial charge on any atom is -0.366 e. The molecule has 0 aliphatic carbocycles. The van der Waals surface area contributed by atoms with Gasteiger partial charge in [0.05, 0.1) is 0 Å². The highest BCUT2D eigenvalue weighted by Crippen LogP contribution is 1.92. The van der Waals surface area contributed by atoms with Crippen LogP contribution in [0.1, 0.15) is 0 Å². The zero-order valence-electron chi connectivity index (χ0n) is 3.33. The summed E-state index contributed by atoms with van der Waals surface area (Å²) in [6, 6.07) is 0. The minimum atomic E-state index is 0.144. The van der Waals surface area contributed by atoms with Crippen molar-refractivity contribution in [1.82, 2.24) is 0 Å². The van der Waals surface area contributed by atoms with Gasteiger partial charge in [0.15, 0.2) is 0 Å². The first kappa shape index (κ1) is 4.32. The Morgan fingerprint density at radius 3 is 2.29 bits per heavy atom. The van der Waals surface area contributed by atoms with Crippen molar-refractivity contribution in [2.75, 3.05) is 0 Å². The zero-order valence-corrected chi connectivity index (χ0v) is 4.14. The predicted molar refractivity (Wildman–Crippen MR) is 29.1 cm³/mol. The van der Waals surface area contributed by atoms with E-state index in [0.717, 1.165) is 0 Å². The van der Waals surface area contributed by atoms with Gasteiger partial charge in [-0.2, -0.15) is 4.99 Å². The van der Waals surface area contributed by atoms with Crippen LogP contribution in [-0.2, 0) is 0 Å². The summed E-state index contributed by atoms with van der Waals surface area (Å²) in [4.78, 5) is 3.48. The third kappa shape index (κ3) is 0.774. The van der Waals surface area contributed by atoms with Crippen LogP contribution in [0, 0.1) is 0 Å². The second-order valence-corrected chi connectivity index (χ2v) is 1.32. The Labute approximate surface area is 45.1 Å². The van der Waals surface area contributed by atoms with Crippen molar-refractivity contribution in [3.63, 3.8) is 0 Å². The van der Waals surface area contributed by atoms with Gasteiger partial charge in [-0.3, -0.25) is 0 Å². The lowest BCUT2D eigenvalue weighted by atomic mass is 11.0. The van der Waals surface area contributed by atoms with E-state index in [1.165, 1.54) is 0 Å². The SMILES string of the molecule is NC1=NC(=S)N=N1. The topological polar surface area (TPSA) is 63.1 Å². The number of rotatable bonds is 0. The zero-order chi connectivity index (χ0) is 5.28. The Balaban J connectivity index is 2.88. The quantitative estimate of drug-likeness (QED) is 0.452. The number of azo groups is 1. The van der Waals surface area contributed by atoms with E-state index in [1.54, 1.807) is 0 Å². The fraction of sp³-hybridized carbons (Fsp3) is 0. The largest absolute Gasteiger partial charge is 0.366 e. The summed E-state index contributed by atoms with van der Waals surface area (Å²) in [5, 5.41) is 6.88. The van der Waals surface area contributed by atoms with Gasteiger partial charge in [-0.1, -0.05) is 0 Å². The lowest BCUT2D eigenvalue weighted by Gasteiger charge is -1.69. The Morgan fingerprint density at radius 2 is 2.14 bits per heavy atom. The average molecular weight is 114 g/mol. The number of aliphatic imine (C=N–C) groups is 1. The summed E-state index contributed by atoms with van der Waals surface area (Å²) in [7, 11) is 0. The molecular weight excluding hydrogens is 112 g/mol. The molecule has 0 unspecified atom stereocenters. The van der Waals surface area contributed by atoms with Gasteiger partial charge in [0.25, 0.3) is 0 Å². The summed E-state index contributed by atoms with van der Waals surface area (Å²) < 4.78 is 0. The van der Waals surface area contributed by atoms with E-state index in [2.05, 4.69) is 27.4 Å². The number of thiocarbonyl (C=S) groups is 1. The molecule has 1 rings (SSSR count). The van der Waals surface area contributed by atoms with E-state index in [9.17, 15) is 0 Å². The summed E-state index contributed by atoms with van der Waals surface area (Å²) >= 11 is 4.47. The van der Waals surface area contributed by atoms with Crippen LogP contribution >= 0.6 is 12.2 Å². The molecule has 2 N–H and O–H groups in total. The lowest BCUT2D eigenvalue weighted by Crippen LogP contribution is -2.03. The monoisotopic (exact) mass is 114 g/mol. The molecule has 0 saturated heterocycles. The molecule has 0 fully saturated rings. The smallest absolute Gasteiger partial charge is 0.243 e. The van der Waals surface area contributed by atoms with Crippen molar-refractivity contribution in [1.29, 1.82) is 0 Å². The number of hydrogen-bond acceptors (Lipinski definition) is 3. The van der Waals surface area contributed by atoms with E-state index in [4.69, 9.17) is 5.73 Å². The number of nitrogens with two attached hydrogens (primary N) is 1. The maximum absolute atomic E-state index is 5.03. The van der Waals surface area contributed by atoms with Crippen molar-refractivity contribution in [3.05, 3.63) is 0 Å². The molecule has 1 aliphatic rings. The molecule has 1 heterocycles. The molecular formula is C2H2N4S. The maximum Gasteiger partial charge on any atom is 0.243 e. The molecule has 0 spiro atoms. The molecule has 0 bridgehead atoms. The molecule has 36 valence electrons. The molecule has 0 saturated carbocycles. The van der Waals surface area contributed by atoms with Gasteiger partial charge in [0.1, 0.15) is 0 Å². The highest BCUT2D eigenvalue weighted by atomic mass is 32.1. The van der Waals surface area contributed by atoms with Gasteiger partial charge in [0, 0.05) is 0 Å². The summed E-state index contributed by atoms with van der Waals surface area (Å²) in [5.41, 5.74) is 5.03. The lowest BCUT2D eigenvalue weighted by molar-refractivity contribution is 1.38. The van der Waals surface area contributed by atoms with E-state index < -0.39 is 0 Å². The van der Waals surface area contributed by atoms with Crippen LogP contribution in [0.2, 0.25) is 0 Å². The highest BCUT2D eigenvalue weighted by molar-refractivity contribution is 7.80. The number of guanidine groups is 1. The third-order valence-corrected chi connectivity index (χ3v) is 0.621. The number of hydrogen-bond donors (Lipinski definition) is 1. The predicted octanol–water partition coefficient (Wildman–Crippen LogP) is 0.0518. The van der Waals surface area contributed by atoms with Crippen molar-refractivity contribution in [2.24, 2.45) is 21.0 Å². The van der Waals surface area contributed by atoms with E-state index >= 15 is 0 Å². The highest BCUT2D eigenvalue weighted by Gasteiger charge is 1.98. The Kier molecular flexibility index (Phi) is 0.828. The van der Waals surface area contributed by atoms with Crippen LogP contribution in [0.15, 0.2) is 15.2 Å². The Hall–Kier alpha value is -0.840. The van der Waals surface area contributed by atoms with Crippen LogP contribution in [0.3, 0.4) is 0 Å². The summed E-state index contributed by atoms with van der Waals surface area (Å²) in [6.45, 7) is 0. The maximum atomic E-state index is 5.03. The molecule has 1 aliphatic heterocycles. The summed E-state index contributed by atoms with van der Waals surface area (Å²) in [5.74, 6) is 0.144. The first-order chi connectivity index (χ1) is 3.29. The first-order valence-electron chi connectivity index (χ1n) is 1.59. The van der Waals surface area contributed by atoms with Crippen LogP contribution in [0.25, 0.3) is 0 Å². The molecule has 0 aromatic rings. The molecule has 0 aromatic heterocycles. The molecule has 0 radical (unpaired) electrons. The molecule has 4 nitrogen and oxygen atoms in total. The second kappa shape index (κ2) is 1.34. The standard InChI is InChI=1S/C2H2N4S/c3-1-4-2(7)6-5-1/h(H2,3,4,7). The van der Waals surface area contributed by atoms with E-state index in [-0.39, 0.29) is 11.1 Å².